The van der Waals surface area contributed by atoms with E-state index in [1.165, 1.54) is 12.8 Å². The first-order chi connectivity index (χ1) is 9.27. The van der Waals surface area contributed by atoms with Crippen LogP contribution in [-0.2, 0) is 11.3 Å². The molecule has 0 aliphatic carbocycles. The number of aliphatic hydroxyl groups is 1. The molecule has 0 spiro atoms. The van der Waals surface area contributed by atoms with Gasteiger partial charge in [-0.25, -0.2) is 0 Å². The molecule has 0 aliphatic heterocycles. The average molecular weight is 260 g/mol. The monoisotopic (exact) mass is 260 g/mol. The summed E-state index contributed by atoms with van der Waals surface area (Å²) in [6, 6.07) is 8.03. The Morgan fingerprint density at radius 2 is 2.11 bits per heavy atom. The van der Waals surface area contributed by atoms with E-state index in [-0.39, 0.29) is 6.61 Å². The molecule has 0 aliphatic rings. The minimum atomic E-state index is 0.111. The van der Waals surface area contributed by atoms with Crippen molar-refractivity contribution in [2.24, 2.45) is 5.92 Å². The van der Waals surface area contributed by atoms with Gasteiger partial charge in [0.25, 0.3) is 0 Å². The predicted molar refractivity (Wildman–Crippen MR) is 78.8 cm³/mol. The number of hydrogen-bond acceptors (Lipinski definition) is 2. The van der Waals surface area contributed by atoms with Crippen LogP contribution in [-0.4, -0.2) is 18.3 Å². The second-order valence-electron chi connectivity index (χ2n) is 4.84. The van der Waals surface area contributed by atoms with Crippen molar-refractivity contribution in [3.05, 3.63) is 35.4 Å². The summed E-state index contributed by atoms with van der Waals surface area (Å²) in [6.07, 6.45) is 2.93. The van der Waals surface area contributed by atoms with Crippen LogP contribution in [0.2, 0.25) is 0 Å². The molecular weight excluding hydrogens is 236 g/mol. The van der Waals surface area contributed by atoms with E-state index < -0.39 is 0 Å². The third kappa shape index (κ3) is 6.42. The second-order valence-corrected chi connectivity index (χ2v) is 4.84. The molecule has 0 fully saturated rings. The Bertz CT molecular complexity index is 415. The van der Waals surface area contributed by atoms with Crippen molar-refractivity contribution in [3.63, 3.8) is 0 Å². The van der Waals surface area contributed by atoms with E-state index in [4.69, 9.17) is 9.84 Å². The van der Waals surface area contributed by atoms with Gasteiger partial charge < -0.3 is 9.84 Å². The highest BCUT2D eigenvalue weighted by Crippen LogP contribution is 2.11. The van der Waals surface area contributed by atoms with Gasteiger partial charge in [-0.05, 0) is 24.0 Å². The summed E-state index contributed by atoms with van der Waals surface area (Å²) in [5.74, 6) is 6.65. The van der Waals surface area contributed by atoms with Gasteiger partial charge in [0.05, 0.1) is 13.2 Å². The standard InChI is InChI=1S/C17H24O2/c1-3-8-15(2)13-19-14-17-11-5-4-9-16(17)10-6-7-12-18/h4-5,9,11,15,18H,3,7-8,12-14H2,1-2H3. The van der Waals surface area contributed by atoms with Crippen LogP contribution in [0.1, 0.15) is 44.2 Å². The molecule has 2 nitrogen and oxygen atoms in total. The Labute approximate surface area is 116 Å². The van der Waals surface area contributed by atoms with E-state index in [1.54, 1.807) is 0 Å². The summed E-state index contributed by atoms with van der Waals surface area (Å²) < 4.78 is 5.76. The third-order valence-corrected chi connectivity index (χ3v) is 2.92. The van der Waals surface area contributed by atoms with Gasteiger partial charge >= 0.3 is 0 Å². The highest BCUT2D eigenvalue weighted by molar-refractivity contribution is 5.40. The van der Waals surface area contributed by atoms with Gasteiger partial charge in [0, 0.05) is 18.6 Å². The van der Waals surface area contributed by atoms with E-state index >= 15 is 0 Å². The molecule has 1 unspecified atom stereocenters. The lowest BCUT2D eigenvalue weighted by atomic mass is 10.1. The van der Waals surface area contributed by atoms with E-state index in [2.05, 4.69) is 25.7 Å². The minimum Gasteiger partial charge on any atom is -0.395 e. The minimum absolute atomic E-state index is 0.111. The largest absolute Gasteiger partial charge is 0.395 e. The Hall–Kier alpha value is -1.30. The Morgan fingerprint density at radius 3 is 2.84 bits per heavy atom. The van der Waals surface area contributed by atoms with Crippen LogP contribution in [0.3, 0.4) is 0 Å². The zero-order chi connectivity index (χ0) is 13.9. The first kappa shape index (κ1) is 15.8. The van der Waals surface area contributed by atoms with Crippen molar-refractivity contribution in [1.82, 2.24) is 0 Å². The van der Waals surface area contributed by atoms with Crippen molar-refractivity contribution >= 4 is 0 Å². The van der Waals surface area contributed by atoms with Crippen molar-refractivity contribution in [2.75, 3.05) is 13.2 Å². The molecule has 19 heavy (non-hydrogen) atoms. The normalized spacial score (nSPS) is 11.7. The lowest BCUT2D eigenvalue weighted by Crippen LogP contribution is -2.06. The van der Waals surface area contributed by atoms with Crippen LogP contribution in [0.4, 0.5) is 0 Å². The maximum absolute atomic E-state index is 8.74. The molecule has 1 aromatic rings. The van der Waals surface area contributed by atoms with E-state index in [0.717, 1.165) is 17.7 Å². The summed E-state index contributed by atoms with van der Waals surface area (Å²) in [5.41, 5.74) is 2.12. The van der Waals surface area contributed by atoms with E-state index in [0.29, 0.717) is 18.9 Å². The van der Waals surface area contributed by atoms with E-state index in [1.807, 2.05) is 24.3 Å². The summed E-state index contributed by atoms with van der Waals surface area (Å²) in [6.45, 7) is 5.93. The Morgan fingerprint density at radius 1 is 1.32 bits per heavy atom. The van der Waals surface area contributed by atoms with Gasteiger partial charge in [0.15, 0.2) is 0 Å². The zero-order valence-electron chi connectivity index (χ0n) is 12.0. The molecule has 1 N–H and O–H groups in total. The van der Waals surface area contributed by atoms with Gasteiger partial charge in [-0.15, -0.1) is 0 Å². The van der Waals surface area contributed by atoms with Crippen molar-refractivity contribution in [3.8, 4) is 11.8 Å². The second kappa shape index (κ2) is 9.61. The molecule has 0 heterocycles. The van der Waals surface area contributed by atoms with Gasteiger partial charge in [-0.2, -0.15) is 0 Å². The third-order valence-electron chi connectivity index (χ3n) is 2.92. The lowest BCUT2D eigenvalue weighted by Gasteiger charge is -2.11. The number of benzene rings is 1. The number of ether oxygens (including phenoxy) is 1. The van der Waals surface area contributed by atoms with Crippen LogP contribution in [0.15, 0.2) is 24.3 Å². The van der Waals surface area contributed by atoms with Gasteiger partial charge in [-0.3, -0.25) is 0 Å². The fourth-order valence-electron chi connectivity index (χ4n) is 1.93. The molecule has 0 saturated carbocycles. The highest BCUT2D eigenvalue weighted by atomic mass is 16.5. The van der Waals surface area contributed by atoms with Crippen LogP contribution in [0.25, 0.3) is 0 Å². The first-order valence-electron chi connectivity index (χ1n) is 7.03. The molecule has 104 valence electrons. The highest BCUT2D eigenvalue weighted by Gasteiger charge is 2.03. The summed E-state index contributed by atoms with van der Waals surface area (Å²) in [5, 5.41) is 8.74. The fourth-order valence-corrected chi connectivity index (χ4v) is 1.93. The van der Waals surface area contributed by atoms with Crippen molar-refractivity contribution in [2.45, 2.75) is 39.7 Å². The quantitative estimate of drug-likeness (QED) is 0.762. The summed E-state index contributed by atoms with van der Waals surface area (Å²) in [7, 11) is 0. The molecular formula is C17H24O2. The molecule has 0 bridgehead atoms. The molecule has 0 radical (unpaired) electrons. The fraction of sp³-hybridized carbons (Fsp3) is 0.529. The summed E-state index contributed by atoms with van der Waals surface area (Å²) in [4.78, 5) is 0. The molecule has 1 atom stereocenters. The smallest absolute Gasteiger partial charge is 0.0729 e. The molecule has 0 amide bonds. The van der Waals surface area contributed by atoms with E-state index in [9.17, 15) is 0 Å². The number of rotatable bonds is 7. The number of hydrogen-bond donors (Lipinski definition) is 1. The maximum atomic E-state index is 8.74. The van der Waals surface area contributed by atoms with Gasteiger partial charge in [-0.1, -0.05) is 50.3 Å². The molecule has 0 aromatic heterocycles. The number of aliphatic hydroxyl groups excluding tert-OH is 1. The van der Waals surface area contributed by atoms with Crippen molar-refractivity contribution < 1.29 is 9.84 Å². The van der Waals surface area contributed by atoms with Crippen molar-refractivity contribution in [1.29, 1.82) is 0 Å². The lowest BCUT2D eigenvalue weighted by molar-refractivity contribution is 0.0892. The van der Waals surface area contributed by atoms with Gasteiger partial charge in [0.2, 0.25) is 0 Å². The van der Waals surface area contributed by atoms with Crippen LogP contribution in [0, 0.1) is 17.8 Å². The molecule has 2 heteroatoms. The predicted octanol–water partition coefficient (Wildman–Crippen LogP) is 3.37. The Kier molecular flexibility index (Phi) is 7.97. The SMILES string of the molecule is CCCC(C)COCc1ccccc1C#CCCO. The first-order valence-corrected chi connectivity index (χ1v) is 7.03. The zero-order valence-corrected chi connectivity index (χ0v) is 12.0. The molecule has 0 saturated heterocycles. The average Bonchev–Trinajstić information content (AvgIpc) is 2.41. The van der Waals surface area contributed by atoms with Crippen LogP contribution in [0.5, 0.6) is 0 Å². The topological polar surface area (TPSA) is 29.5 Å². The van der Waals surface area contributed by atoms with Crippen LogP contribution < -0.4 is 0 Å². The van der Waals surface area contributed by atoms with Gasteiger partial charge in [0.1, 0.15) is 0 Å². The summed E-state index contributed by atoms with van der Waals surface area (Å²) >= 11 is 0. The molecule has 1 rings (SSSR count). The molecule has 1 aromatic carbocycles. The van der Waals surface area contributed by atoms with Crippen LogP contribution >= 0.6 is 0 Å². The maximum Gasteiger partial charge on any atom is 0.0729 e. The Balaban J connectivity index is 2.51.